The third kappa shape index (κ3) is 3.29. The number of alkyl halides is 7. The molecule has 0 rings (SSSR count). The molecule has 0 atom stereocenters. The highest BCUT2D eigenvalue weighted by Gasteiger charge is 2.73. The average Bonchev–Trinajstić information content (AvgIpc) is 2.16. The highest BCUT2D eigenvalue weighted by Crippen LogP contribution is 2.50. The van der Waals surface area contributed by atoms with Gasteiger partial charge in [0.1, 0.15) is 0 Å². The standard InChI is InChI=1S/C9H11F7S/c1-3-6(4-5-17-2)7(10,11)8(12,13)9(14,15)16/h4H,3,5H2,1-2H3/b6-4+. The van der Waals surface area contributed by atoms with Gasteiger partial charge in [-0.15, -0.1) is 0 Å². The smallest absolute Gasteiger partial charge is 0.194 e. The highest BCUT2D eigenvalue weighted by molar-refractivity contribution is 7.98. The Balaban J connectivity index is 5.36. The molecule has 0 bridgehead atoms. The van der Waals surface area contributed by atoms with Gasteiger partial charge < -0.3 is 0 Å². The maximum atomic E-state index is 13.1. The van der Waals surface area contributed by atoms with Crippen molar-refractivity contribution in [3.63, 3.8) is 0 Å². The second-order valence-corrected chi connectivity index (χ2v) is 4.10. The van der Waals surface area contributed by atoms with Gasteiger partial charge in [0.05, 0.1) is 0 Å². The number of allylic oxidation sites excluding steroid dienone is 1. The van der Waals surface area contributed by atoms with Crippen LogP contribution in [0.2, 0.25) is 0 Å². The molecule has 0 fully saturated rings. The molecule has 0 saturated carbocycles. The molecular weight excluding hydrogens is 273 g/mol. The van der Waals surface area contributed by atoms with Gasteiger partial charge >= 0.3 is 18.0 Å². The molecule has 0 amide bonds. The fourth-order valence-corrected chi connectivity index (χ4v) is 1.43. The van der Waals surface area contributed by atoms with Crippen molar-refractivity contribution in [3.8, 4) is 0 Å². The normalized spacial score (nSPS) is 15.2. The van der Waals surface area contributed by atoms with Crippen LogP contribution in [0.1, 0.15) is 13.3 Å². The van der Waals surface area contributed by atoms with E-state index in [1.807, 2.05) is 0 Å². The number of rotatable bonds is 5. The zero-order chi connectivity index (χ0) is 13.9. The van der Waals surface area contributed by atoms with Gasteiger partial charge in [0, 0.05) is 11.3 Å². The summed E-state index contributed by atoms with van der Waals surface area (Å²) in [6.07, 6.45) is -4.61. The van der Waals surface area contributed by atoms with Gasteiger partial charge in [0.2, 0.25) is 0 Å². The predicted molar refractivity (Wildman–Crippen MR) is 52.7 cm³/mol. The lowest BCUT2D eigenvalue weighted by Crippen LogP contribution is -2.52. The number of thioether (sulfide) groups is 1. The third-order valence-corrected chi connectivity index (χ3v) is 2.53. The van der Waals surface area contributed by atoms with Crippen LogP contribution in [0.25, 0.3) is 0 Å². The lowest BCUT2D eigenvalue weighted by atomic mass is 9.99. The van der Waals surface area contributed by atoms with Crippen molar-refractivity contribution in [1.82, 2.24) is 0 Å². The van der Waals surface area contributed by atoms with E-state index in [1.165, 1.54) is 6.26 Å². The second-order valence-electron chi connectivity index (χ2n) is 3.18. The minimum Gasteiger partial charge on any atom is -0.194 e. The molecular formula is C9H11F7S. The van der Waals surface area contributed by atoms with Gasteiger partial charge in [-0.25, -0.2) is 0 Å². The monoisotopic (exact) mass is 284 g/mol. The van der Waals surface area contributed by atoms with Gasteiger partial charge in [-0.3, -0.25) is 0 Å². The summed E-state index contributed by atoms with van der Waals surface area (Å²) >= 11 is 1.04. The molecule has 0 aromatic heterocycles. The van der Waals surface area contributed by atoms with Gasteiger partial charge in [0.25, 0.3) is 0 Å². The van der Waals surface area contributed by atoms with E-state index in [1.54, 1.807) is 0 Å². The zero-order valence-electron chi connectivity index (χ0n) is 9.05. The Labute approximate surface area is 98.3 Å². The topological polar surface area (TPSA) is 0 Å². The van der Waals surface area contributed by atoms with Crippen LogP contribution in [-0.4, -0.2) is 30.0 Å². The van der Waals surface area contributed by atoms with Crippen LogP contribution in [0.3, 0.4) is 0 Å². The Morgan fingerprint density at radius 3 is 1.82 bits per heavy atom. The first-order valence-electron chi connectivity index (χ1n) is 4.53. The van der Waals surface area contributed by atoms with Crippen molar-refractivity contribution in [2.75, 3.05) is 12.0 Å². The highest BCUT2D eigenvalue weighted by atomic mass is 32.2. The van der Waals surface area contributed by atoms with E-state index in [0.29, 0.717) is 6.08 Å². The van der Waals surface area contributed by atoms with E-state index in [4.69, 9.17) is 0 Å². The number of hydrogen-bond acceptors (Lipinski definition) is 1. The Kier molecular flexibility index (Phi) is 5.37. The molecule has 0 aliphatic heterocycles. The van der Waals surface area contributed by atoms with Gasteiger partial charge in [0.15, 0.2) is 0 Å². The van der Waals surface area contributed by atoms with E-state index < -0.39 is 30.0 Å². The van der Waals surface area contributed by atoms with Crippen molar-refractivity contribution >= 4 is 11.8 Å². The first kappa shape index (κ1) is 16.6. The fraction of sp³-hybridized carbons (Fsp3) is 0.778. The molecule has 0 spiro atoms. The summed E-state index contributed by atoms with van der Waals surface area (Å²) in [7, 11) is 0. The maximum Gasteiger partial charge on any atom is 0.460 e. The van der Waals surface area contributed by atoms with Crippen LogP contribution in [0.4, 0.5) is 30.7 Å². The number of hydrogen-bond donors (Lipinski definition) is 0. The van der Waals surface area contributed by atoms with E-state index >= 15 is 0 Å². The molecule has 102 valence electrons. The van der Waals surface area contributed by atoms with Crippen LogP contribution < -0.4 is 0 Å². The van der Waals surface area contributed by atoms with Crippen LogP contribution in [0, 0.1) is 0 Å². The van der Waals surface area contributed by atoms with E-state index in [-0.39, 0.29) is 5.75 Å². The minimum absolute atomic E-state index is 0.0489. The van der Waals surface area contributed by atoms with Crippen LogP contribution >= 0.6 is 11.8 Å². The Hall–Kier alpha value is -0.400. The molecule has 0 saturated heterocycles. The molecule has 0 radical (unpaired) electrons. The van der Waals surface area contributed by atoms with Crippen molar-refractivity contribution in [3.05, 3.63) is 11.6 Å². The Morgan fingerprint density at radius 2 is 1.53 bits per heavy atom. The van der Waals surface area contributed by atoms with Crippen molar-refractivity contribution in [1.29, 1.82) is 0 Å². The Bertz CT molecular complexity index is 280. The lowest BCUT2D eigenvalue weighted by Gasteiger charge is -2.29. The maximum absolute atomic E-state index is 13.1. The molecule has 0 nitrogen and oxygen atoms in total. The van der Waals surface area contributed by atoms with Crippen LogP contribution in [0.15, 0.2) is 11.6 Å². The quantitative estimate of drug-likeness (QED) is 0.528. The van der Waals surface area contributed by atoms with E-state index in [0.717, 1.165) is 18.7 Å². The van der Waals surface area contributed by atoms with Crippen molar-refractivity contribution in [2.45, 2.75) is 31.4 Å². The Morgan fingerprint density at radius 1 is 1.06 bits per heavy atom. The molecule has 17 heavy (non-hydrogen) atoms. The summed E-state index contributed by atoms with van der Waals surface area (Å²) in [5.74, 6) is -11.3. The summed E-state index contributed by atoms with van der Waals surface area (Å²) in [6.45, 7) is 1.10. The predicted octanol–water partition coefficient (Wildman–Crippen LogP) is 4.52. The summed E-state index contributed by atoms with van der Waals surface area (Å²) < 4.78 is 87.2. The van der Waals surface area contributed by atoms with Gasteiger partial charge in [-0.2, -0.15) is 42.5 Å². The molecule has 0 N–H and O–H groups in total. The summed E-state index contributed by atoms with van der Waals surface area (Å²) in [4.78, 5) is 0. The summed E-state index contributed by atoms with van der Waals surface area (Å²) in [5, 5.41) is 0. The molecule has 0 aromatic rings. The average molecular weight is 284 g/mol. The van der Waals surface area contributed by atoms with Crippen molar-refractivity contribution < 1.29 is 30.7 Å². The first-order valence-corrected chi connectivity index (χ1v) is 5.92. The van der Waals surface area contributed by atoms with E-state index in [9.17, 15) is 30.7 Å². The molecule has 0 aliphatic carbocycles. The number of halogens is 7. The second kappa shape index (κ2) is 5.49. The largest absolute Gasteiger partial charge is 0.460 e. The van der Waals surface area contributed by atoms with Gasteiger partial charge in [-0.05, 0) is 12.7 Å². The zero-order valence-corrected chi connectivity index (χ0v) is 9.86. The third-order valence-electron chi connectivity index (χ3n) is 2.03. The molecule has 0 aliphatic rings. The lowest BCUT2D eigenvalue weighted by molar-refractivity contribution is -0.344. The van der Waals surface area contributed by atoms with E-state index in [2.05, 4.69) is 0 Å². The minimum atomic E-state index is -6.27. The van der Waals surface area contributed by atoms with Crippen LogP contribution in [0.5, 0.6) is 0 Å². The van der Waals surface area contributed by atoms with Gasteiger partial charge in [-0.1, -0.05) is 13.0 Å². The van der Waals surface area contributed by atoms with Crippen molar-refractivity contribution in [2.24, 2.45) is 0 Å². The molecule has 0 unspecified atom stereocenters. The summed E-state index contributed by atoms with van der Waals surface area (Å²) in [6, 6.07) is 0. The SMILES string of the molecule is CC/C(=C\CSC)C(F)(F)C(F)(F)C(F)(F)F. The fourth-order valence-electron chi connectivity index (χ4n) is 1.06. The molecule has 8 heteroatoms. The first-order chi connectivity index (χ1) is 7.52. The van der Waals surface area contributed by atoms with Crippen LogP contribution in [-0.2, 0) is 0 Å². The summed E-state index contributed by atoms with van der Waals surface area (Å²) in [5.41, 5.74) is -1.20. The molecule has 0 heterocycles. The molecule has 0 aromatic carbocycles.